The standard InChI is InChI=1S/C15H20BrN5O13P2/c16-15-19-6-11(17)20-3-18-12(6)21(15)14-10(25)8(23)5(33-14)2-31-36(28,29)34-35(26,27)30-1-4-7(22)9(24)13(20)32-4/h3-5,7-10,13-14,17,22-25H,1-2H2,(H,26,27)(H,28,29)/t4-,5+,7-,8+,9-,10+,13-,14-/m0/s1. The summed E-state index contributed by atoms with van der Waals surface area (Å²) in [6.07, 6.45) is -11.1. The summed E-state index contributed by atoms with van der Waals surface area (Å²) < 4.78 is 51.3. The second-order valence-electron chi connectivity index (χ2n) is 8.13. The van der Waals surface area contributed by atoms with E-state index in [4.69, 9.17) is 14.9 Å². The topological polar surface area (TPSA) is 261 Å². The molecule has 36 heavy (non-hydrogen) atoms. The quantitative estimate of drug-likeness (QED) is 0.124. The van der Waals surface area contributed by atoms with Crippen LogP contribution in [0.15, 0.2) is 11.1 Å². The molecule has 200 valence electrons. The molecular formula is C15H20BrN5O13P2. The highest BCUT2D eigenvalue weighted by atomic mass is 79.9. The summed E-state index contributed by atoms with van der Waals surface area (Å²) in [4.78, 5) is 28.1. The molecule has 6 heterocycles. The monoisotopic (exact) mass is 619 g/mol. The van der Waals surface area contributed by atoms with Crippen molar-refractivity contribution in [3.63, 3.8) is 0 Å². The van der Waals surface area contributed by atoms with Gasteiger partial charge in [0, 0.05) is 0 Å². The molecule has 10 atom stereocenters. The van der Waals surface area contributed by atoms with Crippen molar-refractivity contribution in [1.29, 1.82) is 5.41 Å². The third-order valence-electron chi connectivity index (χ3n) is 5.84. The molecule has 2 fully saturated rings. The number of halogens is 1. The van der Waals surface area contributed by atoms with Crippen LogP contribution in [0.5, 0.6) is 0 Å². The van der Waals surface area contributed by atoms with Gasteiger partial charge in [-0.15, -0.1) is 0 Å². The third kappa shape index (κ3) is 4.52. The largest absolute Gasteiger partial charge is 0.481 e. The first-order valence-electron chi connectivity index (χ1n) is 10.2. The molecule has 2 saturated heterocycles. The fourth-order valence-electron chi connectivity index (χ4n) is 4.08. The van der Waals surface area contributed by atoms with Crippen molar-refractivity contribution in [3.8, 4) is 0 Å². The van der Waals surface area contributed by atoms with Crippen LogP contribution in [-0.4, -0.2) is 99.2 Å². The minimum Gasteiger partial charge on any atom is -0.387 e. The molecule has 0 aromatic carbocycles. The van der Waals surface area contributed by atoms with Gasteiger partial charge in [0.15, 0.2) is 33.8 Å². The predicted octanol–water partition coefficient (Wildman–Crippen LogP) is -2.02. The molecule has 4 aliphatic rings. The number of hydrogen-bond donors (Lipinski definition) is 7. The highest BCUT2D eigenvalue weighted by Crippen LogP contribution is 2.60. The van der Waals surface area contributed by atoms with Gasteiger partial charge in [0.25, 0.3) is 0 Å². The molecule has 0 aliphatic carbocycles. The summed E-state index contributed by atoms with van der Waals surface area (Å²) >= 11 is 3.19. The van der Waals surface area contributed by atoms with Crippen LogP contribution in [-0.2, 0) is 32.0 Å². The van der Waals surface area contributed by atoms with Crippen molar-refractivity contribution in [1.82, 2.24) is 19.1 Å². The number of nitrogens with zero attached hydrogens (tertiary/aromatic N) is 4. The molecule has 8 bridgehead atoms. The summed E-state index contributed by atoms with van der Waals surface area (Å²) in [5, 5.41) is 50.3. The van der Waals surface area contributed by atoms with Crippen molar-refractivity contribution < 1.29 is 62.2 Å². The van der Waals surface area contributed by atoms with E-state index in [0.29, 0.717) is 0 Å². The van der Waals surface area contributed by atoms with Gasteiger partial charge < -0.3 is 39.7 Å². The SMILES string of the molecule is N=c1c2nc(Br)n3c2ncn1[C@H]1O[C@@H](COP(=O)(O)OP(=O)(O)OC[C@H]2O[C@H]3[C@H](O)[C@@H]2O)[C@H](O)[C@@H]1O. The highest BCUT2D eigenvalue weighted by molar-refractivity contribution is 9.10. The lowest BCUT2D eigenvalue weighted by atomic mass is 10.1. The van der Waals surface area contributed by atoms with Gasteiger partial charge in [-0.25, -0.2) is 19.1 Å². The van der Waals surface area contributed by atoms with Crippen LogP contribution >= 0.6 is 31.6 Å². The number of phosphoric ester groups is 2. The Morgan fingerprint density at radius 1 is 0.944 bits per heavy atom. The first-order valence-corrected chi connectivity index (χ1v) is 14.0. The summed E-state index contributed by atoms with van der Waals surface area (Å²) in [5.41, 5.74) is -0.357. The molecule has 2 aromatic heterocycles. The smallest absolute Gasteiger partial charge is 0.387 e. The lowest BCUT2D eigenvalue weighted by Gasteiger charge is -2.21. The first-order chi connectivity index (χ1) is 16.8. The number of fused-ring (bicyclic) bond motifs is 7. The zero-order valence-corrected chi connectivity index (χ0v) is 21.1. The Morgan fingerprint density at radius 2 is 1.47 bits per heavy atom. The Hall–Kier alpha value is -1.15. The van der Waals surface area contributed by atoms with Gasteiger partial charge >= 0.3 is 15.6 Å². The molecule has 7 N–H and O–H groups in total. The average molecular weight is 620 g/mol. The van der Waals surface area contributed by atoms with Gasteiger partial charge in [-0.1, -0.05) is 0 Å². The first kappa shape index (κ1) is 26.5. The Labute approximate surface area is 208 Å². The molecule has 6 rings (SSSR count). The van der Waals surface area contributed by atoms with Crippen LogP contribution < -0.4 is 5.49 Å². The zero-order chi connectivity index (χ0) is 26.2. The highest BCUT2D eigenvalue weighted by Gasteiger charge is 2.49. The molecule has 0 spiro atoms. The number of aromatic nitrogens is 4. The van der Waals surface area contributed by atoms with E-state index in [1.807, 2.05) is 0 Å². The van der Waals surface area contributed by atoms with Crippen LogP contribution in [0.1, 0.15) is 12.5 Å². The number of rotatable bonds is 0. The van der Waals surface area contributed by atoms with Crippen LogP contribution in [0.2, 0.25) is 0 Å². The van der Waals surface area contributed by atoms with Gasteiger partial charge in [0.05, 0.1) is 13.2 Å². The number of aliphatic hydroxyl groups is 4. The Balaban J connectivity index is 1.61. The van der Waals surface area contributed by atoms with Crippen molar-refractivity contribution in [2.45, 2.75) is 49.1 Å². The molecule has 2 aromatic rings. The Morgan fingerprint density at radius 3 is 2.06 bits per heavy atom. The minimum absolute atomic E-state index is 0.0207. The maximum absolute atomic E-state index is 12.2. The van der Waals surface area contributed by atoms with E-state index in [1.54, 1.807) is 0 Å². The van der Waals surface area contributed by atoms with Crippen LogP contribution in [0.25, 0.3) is 11.2 Å². The molecule has 18 nitrogen and oxygen atoms in total. The van der Waals surface area contributed by atoms with Crippen LogP contribution in [0, 0.1) is 5.41 Å². The third-order valence-corrected chi connectivity index (χ3v) is 9.00. The van der Waals surface area contributed by atoms with Gasteiger partial charge in [-0.05, 0) is 15.9 Å². The van der Waals surface area contributed by atoms with Gasteiger partial charge in [0.1, 0.15) is 43.0 Å². The Bertz CT molecular complexity index is 1340. The molecule has 0 radical (unpaired) electrons. The van der Waals surface area contributed by atoms with Gasteiger partial charge in [-0.3, -0.25) is 23.6 Å². The second kappa shape index (κ2) is 9.25. The van der Waals surface area contributed by atoms with Crippen molar-refractivity contribution in [2.75, 3.05) is 13.2 Å². The number of hydrogen-bond acceptors (Lipinski definition) is 14. The predicted molar refractivity (Wildman–Crippen MR) is 114 cm³/mol. The average Bonchev–Trinajstić information content (AvgIpc) is 3.37. The molecular weight excluding hydrogens is 600 g/mol. The zero-order valence-electron chi connectivity index (χ0n) is 17.7. The van der Waals surface area contributed by atoms with Gasteiger partial charge in [0.2, 0.25) is 0 Å². The van der Waals surface area contributed by atoms with Crippen molar-refractivity contribution in [3.05, 3.63) is 16.5 Å². The summed E-state index contributed by atoms with van der Waals surface area (Å²) in [7, 11) is -10.5. The van der Waals surface area contributed by atoms with E-state index < -0.39 is 77.9 Å². The second-order valence-corrected chi connectivity index (χ2v) is 11.9. The van der Waals surface area contributed by atoms with Crippen molar-refractivity contribution >= 4 is 42.7 Å². The van der Waals surface area contributed by atoms with E-state index >= 15 is 0 Å². The van der Waals surface area contributed by atoms with E-state index in [2.05, 4.69) is 39.3 Å². The maximum atomic E-state index is 12.2. The number of phosphoric acid groups is 2. The number of nitrogens with one attached hydrogen (secondary N) is 1. The molecule has 4 aliphatic heterocycles. The van der Waals surface area contributed by atoms with E-state index in [1.165, 1.54) is 4.57 Å². The summed E-state index contributed by atoms with van der Waals surface area (Å²) in [6.45, 7) is -1.73. The molecule has 0 amide bonds. The lowest BCUT2D eigenvalue weighted by molar-refractivity contribution is -0.0567. The lowest BCUT2D eigenvalue weighted by Crippen LogP contribution is -2.36. The Kier molecular flexibility index (Phi) is 6.80. The molecule has 2 unspecified atom stereocenters. The normalized spacial score (nSPS) is 43.8. The maximum Gasteiger partial charge on any atom is 0.481 e. The minimum atomic E-state index is -5.27. The van der Waals surface area contributed by atoms with Gasteiger partial charge in [-0.2, -0.15) is 4.31 Å². The van der Waals surface area contributed by atoms with E-state index in [0.717, 1.165) is 10.9 Å². The fourth-order valence-corrected chi connectivity index (χ4v) is 6.72. The number of aliphatic hydroxyl groups excluding tert-OH is 4. The fraction of sp³-hybridized carbons (Fsp3) is 0.667. The summed E-state index contributed by atoms with van der Waals surface area (Å²) in [5.74, 6) is 0. The summed E-state index contributed by atoms with van der Waals surface area (Å²) in [6, 6.07) is 0. The van der Waals surface area contributed by atoms with Crippen LogP contribution in [0.4, 0.5) is 0 Å². The van der Waals surface area contributed by atoms with Crippen molar-refractivity contribution in [2.24, 2.45) is 0 Å². The van der Waals surface area contributed by atoms with Crippen LogP contribution in [0.3, 0.4) is 0 Å². The number of ether oxygens (including phenoxy) is 2. The van der Waals surface area contributed by atoms with E-state index in [9.17, 15) is 39.3 Å². The number of imidazole rings is 1. The molecule has 0 saturated carbocycles. The molecule has 21 heteroatoms. The van der Waals surface area contributed by atoms with E-state index in [-0.39, 0.29) is 21.4 Å².